The predicted octanol–water partition coefficient (Wildman–Crippen LogP) is 8.68. The number of hydrogen-bond acceptors (Lipinski definition) is 12. The van der Waals surface area contributed by atoms with E-state index in [0.29, 0.717) is 56.8 Å². The fourth-order valence-corrected chi connectivity index (χ4v) is 11.1. The largest absolute Gasteiger partial charge is 0.508 e. The normalized spacial score (nSPS) is 18.2. The van der Waals surface area contributed by atoms with Crippen LogP contribution in [0.1, 0.15) is 105 Å². The predicted molar refractivity (Wildman–Crippen MR) is 312 cm³/mol. The molecule has 5 aromatic carbocycles. The quantitative estimate of drug-likeness (QED) is 0.0275. The lowest BCUT2D eigenvalue weighted by Gasteiger charge is -2.35. The molecule has 4 amide bonds. The maximum absolute atomic E-state index is 14.7. The first kappa shape index (κ1) is 59.9. The second kappa shape index (κ2) is 30.5. The van der Waals surface area contributed by atoms with E-state index in [-0.39, 0.29) is 68.2 Å². The van der Waals surface area contributed by atoms with Crippen molar-refractivity contribution in [1.82, 2.24) is 20.4 Å². The average molecular weight is 1110 g/mol. The molecule has 0 unspecified atom stereocenters. The number of hydrogen-bond donors (Lipinski definition) is 4. The summed E-state index contributed by atoms with van der Waals surface area (Å²) in [6, 6.07) is 38.5. The highest BCUT2D eigenvalue weighted by atomic mass is 16.6. The van der Waals surface area contributed by atoms with Crippen LogP contribution in [0, 0.1) is 5.92 Å². The van der Waals surface area contributed by atoms with Crippen molar-refractivity contribution in [3.8, 4) is 23.0 Å². The minimum Gasteiger partial charge on any atom is -0.508 e. The molecule has 16 heteroatoms. The molecule has 432 valence electrons. The number of nitrogens with two attached hydrogens (primary N) is 1. The Balaban J connectivity index is 0.726. The molecular formula is C65H81N5O11. The number of phenolic OH excluding ortho intramolecular Hbond substituents is 1. The molecule has 0 radical (unpaired) electrons. The van der Waals surface area contributed by atoms with Crippen LogP contribution in [0.3, 0.4) is 0 Å². The van der Waals surface area contributed by atoms with Gasteiger partial charge in [0.1, 0.15) is 61.0 Å². The number of ether oxygens (including phenoxy) is 6. The van der Waals surface area contributed by atoms with E-state index in [0.717, 1.165) is 85.6 Å². The number of likely N-dealkylation sites (tertiary alicyclic amines) is 1. The number of carbonyl (C=O) groups excluding carboxylic acids is 4. The van der Waals surface area contributed by atoms with Crippen LogP contribution in [0.4, 0.5) is 0 Å². The van der Waals surface area contributed by atoms with Gasteiger partial charge in [0, 0.05) is 19.5 Å². The Morgan fingerprint density at radius 1 is 0.704 bits per heavy atom. The van der Waals surface area contributed by atoms with E-state index in [1.54, 1.807) is 42.0 Å². The second-order valence-electron chi connectivity index (χ2n) is 21.2. The van der Waals surface area contributed by atoms with Gasteiger partial charge in [0.15, 0.2) is 0 Å². The summed E-state index contributed by atoms with van der Waals surface area (Å²) in [5.74, 6) is 0.905. The summed E-state index contributed by atoms with van der Waals surface area (Å²) in [6.07, 6.45) is 7.97. The van der Waals surface area contributed by atoms with Crippen molar-refractivity contribution >= 4 is 34.8 Å². The molecule has 2 aliphatic carbocycles. The summed E-state index contributed by atoms with van der Waals surface area (Å²) in [5, 5.41) is 16.2. The van der Waals surface area contributed by atoms with E-state index < -0.39 is 30.1 Å². The molecule has 2 fully saturated rings. The van der Waals surface area contributed by atoms with Gasteiger partial charge in [-0.25, -0.2) is 0 Å². The fourth-order valence-electron chi connectivity index (χ4n) is 11.1. The highest BCUT2D eigenvalue weighted by Crippen LogP contribution is 2.37. The lowest BCUT2D eigenvalue weighted by molar-refractivity contribution is -0.143. The van der Waals surface area contributed by atoms with E-state index >= 15 is 0 Å². The lowest BCUT2D eigenvalue weighted by atomic mass is 9.83. The van der Waals surface area contributed by atoms with Gasteiger partial charge in [-0.15, -0.1) is 0 Å². The molecule has 1 saturated carbocycles. The molecule has 5 aromatic rings. The first-order valence-corrected chi connectivity index (χ1v) is 28.9. The van der Waals surface area contributed by atoms with Crippen LogP contribution in [0.25, 0.3) is 11.1 Å². The van der Waals surface area contributed by atoms with Crippen molar-refractivity contribution in [2.75, 3.05) is 73.0 Å². The third kappa shape index (κ3) is 17.1. The highest BCUT2D eigenvalue weighted by molar-refractivity contribution is 5.99. The van der Waals surface area contributed by atoms with Crippen LogP contribution in [0.15, 0.2) is 127 Å². The SMILES string of the molecule is CC/C(=C(\c1ccc(O)cc1)c1ccc(OCCN(C)C(=O)COCCOCCOCCOc2cccc(O[C@H]3C[C@@H](C(=O)N[C@@H]4CCCc5ccccc54)N(C(=O)[C@@H](NC(=O)[C@H](C)N)C4CCCCC4)C3)c2)cc1)c1ccccc1. The minimum absolute atomic E-state index is 0.0558. The summed E-state index contributed by atoms with van der Waals surface area (Å²) in [6.45, 7) is 6.38. The van der Waals surface area contributed by atoms with Gasteiger partial charge in [0.25, 0.3) is 0 Å². The van der Waals surface area contributed by atoms with Gasteiger partial charge >= 0.3 is 0 Å². The Morgan fingerprint density at radius 3 is 2.07 bits per heavy atom. The number of likely N-dealkylation sites (N-methyl/N-ethyl adjacent to an activating group) is 1. The number of phenols is 1. The minimum atomic E-state index is -0.799. The zero-order chi connectivity index (χ0) is 56.9. The number of allylic oxidation sites excluding steroid dienone is 1. The molecule has 3 aliphatic rings. The number of rotatable bonds is 28. The van der Waals surface area contributed by atoms with Crippen LogP contribution in [0.5, 0.6) is 23.0 Å². The Labute approximate surface area is 477 Å². The zero-order valence-corrected chi connectivity index (χ0v) is 47.2. The number of carbonyl (C=O) groups is 4. The molecule has 5 N–H and O–H groups in total. The van der Waals surface area contributed by atoms with Gasteiger partial charge < -0.3 is 59.7 Å². The number of nitrogens with zero attached hydrogens (tertiary/aromatic N) is 2. The third-order valence-corrected chi connectivity index (χ3v) is 15.4. The molecule has 5 atom stereocenters. The maximum atomic E-state index is 14.7. The smallest absolute Gasteiger partial charge is 0.248 e. The first-order valence-electron chi connectivity index (χ1n) is 28.9. The van der Waals surface area contributed by atoms with Gasteiger partial charge in [-0.1, -0.05) is 111 Å². The Hall–Kier alpha value is -7.24. The maximum Gasteiger partial charge on any atom is 0.248 e. The highest BCUT2D eigenvalue weighted by Gasteiger charge is 2.45. The summed E-state index contributed by atoms with van der Waals surface area (Å²) in [7, 11) is 1.72. The monoisotopic (exact) mass is 1110 g/mol. The number of aromatic hydroxyl groups is 1. The third-order valence-electron chi connectivity index (χ3n) is 15.4. The number of aryl methyl sites for hydroxylation is 1. The Morgan fingerprint density at radius 2 is 1.36 bits per heavy atom. The Kier molecular flexibility index (Phi) is 22.6. The molecule has 1 aliphatic heterocycles. The van der Waals surface area contributed by atoms with Crippen molar-refractivity contribution in [3.05, 3.63) is 155 Å². The first-order chi connectivity index (χ1) is 39.4. The number of amides is 4. The van der Waals surface area contributed by atoms with Crippen LogP contribution in [0.2, 0.25) is 0 Å². The summed E-state index contributed by atoms with van der Waals surface area (Å²) in [5.41, 5.74) is 13.8. The van der Waals surface area contributed by atoms with Crippen molar-refractivity contribution in [1.29, 1.82) is 0 Å². The molecule has 0 bridgehead atoms. The topological polar surface area (TPSA) is 200 Å². The molecule has 16 nitrogen and oxygen atoms in total. The van der Waals surface area contributed by atoms with Crippen molar-refractivity contribution in [2.45, 2.75) is 108 Å². The van der Waals surface area contributed by atoms with Gasteiger partial charge in [0.2, 0.25) is 23.6 Å². The number of nitrogens with one attached hydrogen (secondary N) is 2. The number of fused-ring (bicyclic) bond motifs is 1. The Bertz CT molecular complexity index is 2840. The molecule has 81 heavy (non-hydrogen) atoms. The molecule has 8 rings (SSSR count). The standard InChI is InChI=1S/C65H81N5O11/c1-4-56(46-15-7-5-8-16-46)61(48-25-29-51(71)30-26-48)49-27-31-52(32-28-49)79-34-33-69(3)60(72)44-78-38-37-76-35-36-77-39-40-80-53-21-14-22-54(41-53)81-55-42-59(64(74)67-58-24-13-20-47-17-11-12-23-57(47)58)70(43-55)65(75)62(68-63(73)45(2)66)50-18-9-6-10-19-50/h5,7-8,11-12,14-17,21-23,25-32,41,45,50,55,58-59,62,71H,4,6,9-10,13,18-20,24,33-40,42-44,66H2,1-3H3,(H,67,74)(H,68,73)/b61-56-/t45-,55-,58+,59-,62-/m0/s1. The van der Waals surface area contributed by atoms with Crippen LogP contribution in [-0.4, -0.2) is 136 Å². The summed E-state index contributed by atoms with van der Waals surface area (Å²) < 4.78 is 35.5. The lowest BCUT2D eigenvalue weighted by Crippen LogP contribution is -2.58. The summed E-state index contributed by atoms with van der Waals surface area (Å²) in [4.78, 5) is 58.0. The van der Waals surface area contributed by atoms with Crippen LogP contribution in [-0.2, 0) is 39.8 Å². The molecule has 0 aromatic heterocycles. The van der Waals surface area contributed by atoms with Gasteiger partial charge in [0.05, 0.1) is 58.2 Å². The molecule has 1 saturated heterocycles. The van der Waals surface area contributed by atoms with E-state index in [1.165, 1.54) is 11.1 Å². The van der Waals surface area contributed by atoms with Gasteiger partial charge in [-0.3, -0.25) is 19.2 Å². The van der Waals surface area contributed by atoms with Crippen molar-refractivity contribution in [2.24, 2.45) is 11.7 Å². The molecular weight excluding hydrogens is 1030 g/mol. The van der Waals surface area contributed by atoms with Crippen molar-refractivity contribution in [3.63, 3.8) is 0 Å². The van der Waals surface area contributed by atoms with E-state index in [1.807, 2.05) is 84.9 Å². The van der Waals surface area contributed by atoms with E-state index in [2.05, 4.69) is 41.8 Å². The van der Waals surface area contributed by atoms with E-state index in [9.17, 15) is 24.3 Å². The van der Waals surface area contributed by atoms with Gasteiger partial charge in [-0.05, 0) is 127 Å². The van der Waals surface area contributed by atoms with Crippen molar-refractivity contribution < 1.29 is 52.7 Å². The van der Waals surface area contributed by atoms with Crippen LogP contribution >= 0.6 is 0 Å². The average Bonchev–Trinajstić information content (AvgIpc) is 3.98. The second-order valence-corrected chi connectivity index (χ2v) is 21.2. The van der Waals surface area contributed by atoms with Crippen LogP contribution < -0.4 is 30.6 Å². The van der Waals surface area contributed by atoms with Gasteiger partial charge in [-0.2, -0.15) is 0 Å². The zero-order valence-electron chi connectivity index (χ0n) is 47.2. The molecule has 1 heterocycles. The number of benzene rings is 5. The molecule has 0 spiro atoms. The fraction of sp³-hybridized carbons (Fsp3) is 0.446. The van der Waals surface area contributed by atoms with E-state index in [4.69, 9.17) is 34.2 Å². The summed E-state index contributed by atoms with van der Waals surface area (Å²) >= 11 is 0.